The Balaban J connectivity index is 1.97. The maximum atomic E-state index is 11.6. The molecule has 4 heteroatoms. The first-order valence-electron chi connectivity index (χ1n) is 6.85. The molecule has 1 N–H and O–H groups in total. The molecule has 2 unspecified atom stereocenters. The molecule has 1 aromatic rings. The lowest BCUT2D eigenvalue weighted by Gasteiger charge is -2.40. The molecule has 1 saturated heterocycles. The minimum Gasteiger partial charge on any atom is -0.493 e. The first-order valence-corrected chi connectivity index (χ1v) is 6.85. The minimum atomic E-state index is -0.741. The number of ether oxygens (including phenoxy) is 1. The molecule has 0 aromatic heterocycles. The average Bonchev–Trinajstić information content (AvgIpc) is 2.81. The zero-order valence-electron chi connectivity index (χ0n) is 11.1. The Hall–Kier alpha value is -1.55. The highest BCUT2D eigenvalue weighted by Crippen LogP contribution is 2.43. The topological polar surface area (TPSA) is 49.8 Å². The summed E-state index contributed by atoms with van der Waals surface area (Å²) >= 11 is 0. The minimum absolute atomic E-state index is 0.161. The molecule has 0 spiro atoms. The lowest BCUT2D eigenvalue weighted by molar-refractivity contribution is -0.150. The van der Waals surface area contributed by atoms with Crippen LogP contribution in [0.15, 0.2) is 24.3 Å². The molecule has 0 saturated carbocycles. The predicted molar refractivity (Wildman–Crippen MR) is 71.3 cm³/mol. The summed E-state index contributed by atoms with van der Waals surface area (Å²) in [6, 6.07) is 8.14. The van der Waals surface area contributed by atoms with E-state index in [0.29, 0.717) is 6.61 Å². The van der Waals surface area contributed by atoms with Crippen LogP contribution in [0, 0.1) is 0 Å². The highest BCUT2D eigenvalue weighted by atomic mass is 16.5. The third kappa shape index (κ3) is 1.91. The van der Waals surface area contributed by atoms with Crippen molar-refractivity contribution in [3.05, 3.63) is 29.8 Å². The van der Waals surface area contributed by atoms with E-state index in [1.165, 1.54) is 0 Å². The second kappa shape index (κ2) is 4.53. The second-order valence-electron chi connectivity index (χ2n) is 5.57. The second-order valence-corrected chi connectivity index (χ2v) is 5.57. The van der Waals surface area contributed by atoms with E-state index < -0.39 is 11.5 Å². The van der Waals surface area contributed by atoms with Gasteiger partial charge in [-0.3, -0.25) is 9.69 Å². The van der Waals surface area contributed by atoms with Crippen molar-refractivity contribution in [2.75, 3.05) is 13.2 Å². The first-order chi connectivity index (χ1) is 9.13. The van der Waals surface area contributed by atoms with Crippen LogP contribution in [0.4, 0.5) is 0 Å². The van der Waals surface area contributed by atoms with Gasteiger partial charge in [-0.15, -0.1) is 0 Å². The molecule has 2 heterocycles. The van der Waals surface area contributed by atoms with Gasteiger partial charge in [0.25, 0.3) is 0 Å². The molecule has 0 aliphatic carbocycles. The Morgan fingerprint density at radius 1 is 1.47 bits per heavy atom. The molecular weight excluding hydrogens is 242 g/mol. The Kier molecular flexibility index (Phi) is 2.97. The number of benzene rings is 1. The molecule has 0 amide bonds. The number of carboxylic acids is 1. The molecule has 4 nitrogen and oxygen atoms in total. The summed E-state index contributed by atoms with van der Waals surface area (Å²) in [6.45, 7) is 3.36. The maximum absolute atomic E-state index is 11.6. The SMILES string of the molecule is CC1(C(=O)O)CCCN1C1CCOc2ccccc21. The Morgan fingerprint density at radius 3 is 3.05 bits per heavy atom. The summed E-state index contributed by atoms with van der Waals surface area (Å²) in [4.78, 5) is 13.8. The van der Waals surface area contributed by atoms with E-state index >= 15 is 0 Å². The van der Waals surface area contributed by atoms with Crippen molar-refractivity contribution in [2.45, 2.75) is 37.8 Å². The van der Waals surface area contributed by atoms with Crippen molar-refractivity contribution in [2.24, 2.45) is 0 Å². The molecule has 2 aliphatic heterocycles. The first kappa shape index (κ1) is 12.5. The number of hydrogen-bond donors (Lipinski definition) is 1. The summed E-state index contributed by atoms with van der Waals surface area (Å²) in [5, 5.41) is 9.55. The van der Waals surface area contributed by atoms with E-state index in [4.69, 9.17) is 4.74 Å². The molecule has 102 valence electrons. The third-order valence-electron chi connectivity index (χ3n) is 4.46. The quantitative estimate of drug-likeness (QED) is 0.888. The van der Waals surface area contributed by atoms with Crippen LogP contribution in [0.2, 0.25) is 0 Å². The van der Waals surface area contributed by atoms with Crippen LogP contribution in [-0.2, 0) is 4.79 Å². The Morgan fingerprint density at radius 2 is 2.26 bits per heavy atom. The fourth-order valence-corrected chi connectivity index (χ4v) is 3.36. The molecule has 19 heavy (non-hydrogen) atoms. The highest BCUT2D eigenvalue weighted by Gasteiger charge is 2.47. The van der Waals surface area contributed by atoms with E-state index in [2.05, 4.69) is 11.0 Å². The van der Waals surface area contributed by atoms with Gasteiger partial charge in [-0.1, -0.05) is 18.2 Å². The molecule has 2 atom stereocenters. The predicted octanol–water partition coefficient (Wildman–Crippen LogP) is 2.45. The van der Waals surface area contributed by atoms with Gasteiger partial charge >= 0.3 is 5.97 Å². The van der Waals surface area contributed by atoms with Gasteiger partial charge in [0.2, 0.25) is 0 Å². The smallest absolute Gasteiger partial charge is 0.323 e. The van der Waals surface area contributed by atoms with Crippen molar-refractivity contribution in [3.8, 4) is 5.75 Å². The van der Waals surface area contributed by atoms with Gasteiger partial charge in [-0.25, -0.2) is 0 Å². The summed E-state index contributed by atoms with van der Waals surface area (Å²) in [5.41, 5.74) is 0.387. The number of aliphatic carboxylic acids is 1. The van der Waals surface area contributed by atoms with Gasteiger partial charge in [0, 0.05) is 18.0 Å². The highest BCUT2D eigenvalue weighted by molar-refractivity contribution is 5.78. The summed E-state index contributed by atoms with van der Waals surface area (Å²) in [7, 11) is 0. The van der Waals surface area contributed by atoms with Crippen LogP contribution < -0.4 is 4.74 Å². The van der Waals surface area contributed by atoms with Gasteiger partial charge in [0.05, 0.1) is 6.61 Å². The third-order valence-corrected chi connectivity index (χ3v) is 4.46. The summed E-state index contributed by atoms with van der Waals surface area (Å²) in [5.74, 6) is 0.187. The zero-order valence-corrected chi connectivity index (χ0v) is 11.1. The number of carboxylic acid groups (broad SMARTS) is 1. The van der Waals surface area contributed by atoms with Crippen molar-refractivity contribution in [1.82, 2.24) is 4.90 Å². The monoisotopic (exact) mass is 261 g/mol. The number of nitrogens with zero attached hydrogens (tertiary/aromatic N) is 1. The molecule has 3 rings (SSSR count). The largest absolute Gasteiger partial charge is 0.493 e. The van der Waals surface area contributed by atoms with Gasteiger partial charge in [0.1, 0.15) is 11.3 Å². The fourth-order valence-electron chi connectivity index (χ4n) is 3.36. The van der Waals surface area contributed by atoms with Crippen LogP contribution in [0.3, 0.4) is 0 Å². The van der Waals surface area contributed by atoms with Crippen LogP contribution in [-0.4, -0.2) is 34.7 Å². The standard InChI is InChI=1S/C15H19NO3/c1-15(14(17)18)8-4-9-16(15)12-7-10-19-13-6-3-2-5-11(12)13/h2-3,5-6,12H,4,7-10H2,1H3,(H,17,18). The average molecular weight is 261 g/mol. The molecule has 1 aromatic carbocycles. The van der Waals surface area contributed by atoms with Crippen LogP contribution in [0.1, 0.15) is 37.8 Å². The van der Waals surface area contributed by atoms with Gasteiger partial charge in [-0.2, -0.15) is 0 Å². The van der Waals surface area contributed by atoms with Gasteiger partial charge in [0.15, 0.2) is 0 Å². The van der Waals surface area contributed by atoms with Crippen molar-refractivity contribution >= 4 is 5.97 Å². The lowest BCUT2D eigenvalue weighted by Crippen LogP contribution is -2.50. The van der Waals surface area contributed by atoms with Crippen molar-refractivity contribution in [1.29, 1.82) is 0 Å². The number of fused-ring (bicyclic) bond motifs is 1. The fraction of sp³-hybridized carbons (Fsp3) is 0.533. The number of hydrogen-bond acceptors (Lipinski definition) is 3. The Labute approximate surface area is 113 Å². The molecule has 0 bridgehead atoms. The molecular formula is C15H19NO3. The van der Waals surface area contributed by atoms with Gasteiger partial charge in [-0.05, 0) is 32.4 Å². The van der Waals surface area contributed by atoms with Crippen LogP contribution in [0.5, 0.6) is 5.75 Å². The van der Waals surface area contributed by atoms with E-state index in [1.807, 2.05) is 25.1 Å². The number of carbonyl (C=O) groups is 1. The number of rotatable bonds is 2. The summed E-state index contributed by atoms with van der Waals surface area (Å²) < 4.78 is 5.67. The molecule has 0 radical (unpaired) electrons. The van der Waals surface area contributed by atoms with Crippen molar-refractivity contribution < 1.29 is 14.6 Å². The maximum Gasteiger partial charge on any atom is 0.323 e. The summed E-state index contributed by atoms with van der Waals surface area (Å²) in [6.07, 6.45) is 2.53. The van der Waals surface area contributed by atoms with Gasteiger partial charge < -0.3 is 9.84 Å². The number of likely N-dealkylation sites (tertiary alicyclic amines) is 1. The molecule has 1 fully saturated rings. The Bertz CT molecular complexity index is 502. The van der Waals surface area contributed by atoms with Crippen LogP contribution in [0.25, 0.3) is 0 Å². The normalized spacial score (nSPS) is 30.7. The van der Waals surface area contributed by atoms with Crippen molar-refractivity contribution in [3.63, 3.8) is 0 Å². The van der Waals surface area contributed by atoms with E-state index in [-0.39, 0.29) is 6.04 Å². The van der Waals surface area contributed by atoms with E-state index in [1.54, 1.807) is 0 Å². The zero-order chi connectivity index (χ0) is 13.5. The van der Waals surface area contributed by atoms with E-state index in [0.717, 1.165) is 37.1 Å². The van der Waals surface area contributed by atoms with E-state index in [9.17, 15) is 9.90 Å². The lowest BCUT2D eigenvalue weighted by atomic mass is 9.92. The van der Waals surface area contributed by atoms with Crippen LogP contribution >= 0.6 is 0 Å². The molecule has 2 aliphatic rings. The number of para-hydroxylation sites is 1.